The summed E-state index contributed by atoms with van der Waals surface area (Å²) in [6.07, 6.45) is 65.3. The number of aliphatic hydroxyl groups is 2. The number of amides is 1. The normalized spacial score (nSPS) is 13.2. The third-order valence-corrected chi connectivity index (χ3v) is 14.1. The molecule has 6 heteroatoms. The number of ether oxygens (including phenoxy) is 1. The van der Waals surface area contributed by atoms with Crippen molar-refractivity contribution in [3.63, 3.8) is 0 Å². The van der Waals surface area contributed by atoms with Crippen LogP contribution >= 0.6 is 0 Å². The van der Waals surface area contributed by atoms with E-state index in [0.717, 1.165) is 51.4 Å². The number of hydrogen-bond acceptors (Lipinski definition) is 5. The third-order valence-electron chi connectivity index (χ3n) is 14.1. The standard InChI is InChI=1S/C61H117NO5/c1-4-7-10-13-16-19-22-25-28-30-31-33-36-39-42-45-48-51-54-61(66)67-57(52-49-46-43-40-37-34-32-29-26-23-20-17-14-11-8-5-2)55-60(65)62-58(56-63)59(64)53-50-47-44-41-38-35-27-24-21-18-15-12-9-6-3/h28,30-31,33,57-59,63-64H,4-27,29,32,34-56H2,1-3H3,(H,62,65)/b30-28+,33-31+. The van der Waals surface area contributed by atoms with Gasteiger partial charge in [0.25, 0.3) is 0 Å². The molecule has 6 nitrogen and oxygen atoms in total. The Hall–Kier alpha value is -1.66. The van der Waals surface area contributed by atoms with Crippen LogP contribution in [-0.2, 0) is 14.3 Å². The molecule has 1 amide bonds. The van der Waals surface area contributed by atoms with Crippen LogP contribution in [-0.4, -0.2) is 46.9 Å². The Morgan fingerprint density at radius 3 is 1.10 bits per heavy atom. The molecule has 0 aromatic rings. The molecule has 0 radical (unpaired) electrons. The van der Waals surface area contributed by atoms with Crippen molar-refractivity contribution in [2.24, 2.45) is 0 Å². The summed E-state index contributed by atoms with van der Waals surface area (Å²) in [7, 11) is 0. The number of aliphatic hydroxyl groups excluding tert-OH is 2. The number of allylic oxidation sites excluding steroid dienone is 4. The highest BCUT2D eigenvalue weighted by molar-refractivity contribution is 5.77. The van der Waals surface area contributed by atoms with E-state index in [4.69, 9.17) is 4.74 Å². The Morgan fingerprint density at radius 2 is 0.746 bits per heavy atom. The minimum absolute atomic E-state index is 0.0778. The lowest BCUT2D eigenvalue weighted by Crippen LogP contribution is -2.46. The lowest BCUT2D eigenvalue weighted by atomic mass is 10.0. The number of rotatable bonds is 55. The molecule has 0 aromatic carbocycles. The third kappa shape index (κ3) is 50.5. The van der Waals surface area contributed by atoms with Gasteiger partial charge in [-0.25, -0.2) is 0 Å². The summed E-state index contributed by atoms with van der Waals surface area (Å²) < 4.78 is 5.97. The Balaban J connectivity index is 4.54. The Bertz CT molecular complexity index is 1060. The summed E-state index contributed by atoms with van der Waals surface area (Å²) in [5.41, 5.74) is 0. The van der Waals surface area contributed by atoms with Crippen molar-refractivity contribution in [1.82, 2.24) is 5.32 Å². The number of carbonyl (C=O) groups is 2. The van der Waals surface area contributed by atoms with E-state index >= 15 is 0 Å². The molecule has 0 aliphatic rings. The van der Waals surface area contributed by atoms with Crippen LogP contribution in [0.1, 0.15) is 329 Å². The van der Waals surface area contributed by atoms with E-state index < -0.39 is 18.2 Å². The largest absolute Gasteiger partial charge is 0.462 e. The van der Waals surface area contributed by atoms with Gasteiger partial charge in [0.2, 0.25) is 5.91 Å². The van der Waals surface area contributed by atoms with Crippen molar-refractivity contribution in [2.45, 2.75) is 347 Å². The first-order valence-electron chi connectivity index (χ1n) is 30.1. The molecule has 0 bridgehead atoms. The maximum absolute atomic E-state index is 13.3. The van der Waals surface area contributed by atoms with E-state index in [-0.39, 0.29) is 24.9 Å². The van der Waals surface area contributed by atoms with Gasteiger partial charge in [-0.3, -0.25) is 9.59 Å². The van der Waals surface area contributed by atoms with Gasteiger partial charge in [-0.15, -0.1) is 0 Å². The van der Waals surface area contributed by atoms with Crippen molar-refractivity contribution in [1.29, 1.82) is 0 Å². The van der Waals surface area contributed by atoms with E-state index in [1.165, 1.54) is 231 Å². The Labute approximate surface area is 418 Å². The first-order valence-corrected chi connectivity index (χ1v) is 30.1. The van der Waals surface area contributed by atoms with Crippen molar-refractivity contribution in [2.75, 3.05) is 6.61 Å². The summed E-state index contributed by atoms with van der Waals surface area (Å²) in [4.78, 5) is 26.3. The van der Waals surface area contributed by atoms with Crippen LogP contribution in [0.4, 0.5) is 0 Å². The van der Waals surface area contributed by atoms with Crippen molar-refractivity contribution in [3.8, 4) is 0 Å². The zero-order valence-corrected chi connectivity index (χ0v) is 45.3. The minimum atomic E-state index is -0.787. The fourth-order valence-corrected chi connectivity index (χ4v) is 9.48. The summed E-state index contributed by atoms with van der Waals surface area (Å²) >= 11 is 0. The van der Waals surface area contributed by atoms with Gasteiger partial charge < -0.3 is 20.3 Å². The van der Waals surface area contributed by atoms with Gasteiger partial charge in [0.15, 0.2) is 0 Å². The number of unbranched alkanes of at least 4 members (excludes halogenated alkanes) is 40. The minimum Gasteiger partial charge on any atom is -0.462 e. The number of hydrogen-bond donors (Lipinski definition) is 3. The molecule has 67 heavy (non-hydrogen) atoms. The maximum atomic E-state index is 13.3. The lowest BCUT2D eigenvalue weighted by Gasteiger charge is -2.24. The predicted molar refractivity (Wildman–Crippen MR) is 292 cm³/mol. The van der Waals surface area contributed by atoms with Crippen LogP contribution in [0.15, 0.2) is 24.3 Å². The van der Waals surface area contributed by atoms with Crippen LogP contribution in [0, 0.1) is 0 Å². The predicted octanol–water partition coefficient (Wildman–Crippen LogP) is 18.6. The van der Waals surface area contributed by atoms with Crippen LogP contribution in [0.2, 0.25) is 0 Å². The first kappa shape index (κ1) is 65.3. The molecule has 3 N–H and O–H groups in total. The molecule has 396 valence electrons. The molecular weight excluding hydrogens is 827 g/mol. The van der Waals surface area contributed by atoms with E-state index in [1.54, 1.807) is 0 Å². The highest BCUT2D eigenvalue weighted by Crippen LogP contribution is 2.19. The Morgan fingerprint density at radius 1 is 0.433 bits per heavy atom. The van der Waals surface area contributed by atoms with E-state index in [0.29, 0.717) is 19.3 Å². The van der Waals surface area contributed by atoms with Gasteiger partial charge in [0.05, 0.1) is 25.2 Å². The molecule has 3 atom stereocenters. The van der Waals surface area contributed by atoms with Crippen LogP contribution in [0.25, 0.3) is 0 Å². The van der Waals surface area contributed by atoms with E-state index in [1.807, 2.05) is 0 Å². The zero-order valence-electron chi connectivity index (χ0n) is 45.3. The number of carbonyl (C=O) groups excluding carboxylic acids is 2. The summed E-state index contributed by atoms with van der Waals surface area (Å²) in [6, 6.07) is -0.701. The highest BCUT2D eigenvalue weighted by Gasteiger charge is 2.24. The fourth-order valence-electron chi connectivity index (χ4n) is 9.48. The highest BCUT2D eigenvalue weighted by atomic mass is 16.5. The second-order valence-corrected chi connectivity index (χ2v) is 20.8. The van der Waals surface area contributed by atoms with E-state index in [2.05, 4.69) is 50.4 Å². The SMILES string of the molecule is CCCCCCCCC/C=C/C=C/CCCCCCCC(=O)OC(CCCCCCCCCCCCCCCCCC)CC(=O)NC(CO)C(O)CCCCCCCCCCCCCCCC. The van der Waals surface area contributed by atoms with Gasteiger partial charge >= 0.3 is 5.97 Å². The number of esters is 1. The molecule has 0 rings (SSSR count). The van der Waals surface area contributed by atoms with Gasteiger partial charge in [0, 0.05) is 6.42 Å². The summed E-state index contributed by atoms with van der Waals surface area (Å²) in [6.45, 7) is 6.52. The fraction of sp³-hybridized carbons (Fsp3) is 0.902. The molecule has 0 heterocycles. The van der Waals surface area contributed by atoms with Gasteiger partial charge in [-0.1, -0.05) is 289 Å². The van der Waals surface area contributed by atoms with Gasteiger partial charge in [0.1, 0.15) is 6.10 Å². The molecular formula is C61H117NO5. The molecule has 0 spiro atoms. The monoisotopic (exact) mass is 944 g/mol. The molecule has 0 saturated carbocycles. The second kappa shape index (κ2) is 55.3. The first-order chi connectivity index (χ1) is 33.0. The van der Waals surface area contributed by atoms with Gasteiger partial charge in [-0.05, 0) is 51.4 Å². The molecule has 0 aliphatic heterocycles. The molecule has 3 unspecified atom stereocenters. The van der Waals surface area contributed by atoms with Gasteiger partial charge in [-0.2, -0.15) is 0 Å². The maximum Gasteiger partial charge on any atom is 0.306 e. The molecule has 0 saturated heterocycles. The topological polar surface area (TPSA) is 95.9 Å². The summed E-state index contributed by atoms with van der Waals surface area (Å²) in [5.74, 6) is -0.469. The van der Waals surface area contributed by atoms with E-state index in [9.17, 15) is 19.8 Å². The quantitative estimate of drug-likeness (QED) is 0.0321. The average Bonchev–Trinajstić information content (AvgIpc) is 3.32. The molecule has 0 aliphatic carbocycles. The van der Waals surface area contributed by atoms with Crippen molar-refractivity contribution >= 4 is 11.9 Å². The van der Waals surface area contributed by atoms with Crippen molar-refractivity contribution < 1.29 is 24.5 Å². The second-order valence-electron chi connectivity index (χ2n) is 20.8. The smallest absolute Gasteiger partial charge is 0.306 e. The summed E-state index contributed by atoms with van der Waals surface area (Å²) in [5, 5.41) is 23.9. The molecule has 0 aromatic heterocycles. The Kier molecular flexibility index (Phi) is 53.9. The molecule has 0 fully saturated rings. The number of nitrogens with one attached hydrogen (secondary N) is 1. The van der Waals surface area contributed by atoms with Crippen LogP contribution in [0.5, 0.6) is 0 Å². The van der Waals surface area contributed by atoms with Crippen LogP contribution in [0.3, 0.4) is 0 Å². The lowest BCUT2D eigenvalue weighted by molar-refractivity contribution is -0.151. The average molecular weight is 945 g/mol. The zero-order chi connectivity index (χ0) is 48.8. The van der Waals surface area contributed by atoms with Crippen LogP contribution < -0.4 is 5.32 Å². The van der Waals surface area contributed by atoms with Crippen molar-refractivity contribution in [3.05, 3.63) is 24.3 Å².